The molecule has 2 unspecified atom stereocenters. The van der Waals surface area contributed by atoms with Gasteiger partial charge in [-0.3, -0.25) is 4.79 Å². The summed E-state index contributed by atoms with van der Waals surface area (Å²) in [6.07, 6.45) is 5.52. The first-order chi connectivity index (χ1) is 7.51. The monoisotopic (exact) mass is 245 g/mol. The molecule has 0 saturated heterocycles. The third-order valence-electron chi connectivity index (χ3n) is 3.85. The van der Waals surface area contributed by atoms with E-state index in [-0.39, 0.29) is 23.3 Å². The van der Waals surface area contributed by atoms with Crippen LogP contribution in [0.4, 0.5) is 0 Å². The molecule has 1 saturated carbocycles. The van der Waals surface area contributed by atoms with Crippen molar-refractivity contribution in [2.75, 3.05) is 5.88 Å². The normalized spacial score (nSPS) is 26.1. The molecule has 1 N–H and O–H groups in total. The van der Waals surface area contributed by atoms with Crippen LogP contribution in [0.25, 0.3) is 0 Å². The third kappa shape index (κ3) is 3.38. The smallest absolute Gasteiger partial charge is 0.223 e. The number of amides is 1. The molecule has 2 nitrogen and oxygen atoms in total. The lowest BCUT2D eigenvalue weighted by molar-refractivity contribution is -0.130. The largest absolute Gasteiger partial charge is 0.352 e. The van der Waals surface area contributed by atoms with Crippen LogP contribution in [0, 0.1) is 11.3 Å². The quantitative estimate of drug-likeness (QED) is 0.757. The average Bonchev–Trinajstić information content (AvgIpc) is 2.24. The fourth-order valence-corrected chi connectivity index (χ4v) is 2.83. The van der Waals surface area contributed by atoms with Gasteiger partial charge >= 0.3 is 0 Å². The fourth-order valence-electron chi connectivity index (χ4n) is 2.53. The molecule has 0 heterocycles. The highest BCUT2D eigenvalue weighted by Gasteiger charge is 2.37. The minimum absolute atomic E-state index is 0.131. The van der Waals surface area contributed by atoms with E-state index in [2.05, 4.69) is 26.1 Å². The van der Waals surface area contributed by atoms with Crippen molar-refractivity contribution in [2.45, 2.75) is 58.9 Å². The van der Waals surface area contributed by atoms with E-state index < -0.39 is 0 Å². The molecule has 94 valence electrons. The number of hydrogen-bond donors (Lipinski definition) is 1. The Morgan fingerprint density at radius 2 is 2.19 bits per heavy atom. The highest BCUT2D eigenvalue weighted by atomic mass is 35.5. The van der Waals surface area contributed by atoms with E-state index in [4.69, 9.17) is 11.6 Å². The van der Waals surface area contributed by atoms with Gasteiger partial charge in [-0.15, -0.1) is 11.6 Å². The average molecular weight is 246 g/mol. The summed E-state index contributed by atoms with van der Waals surface area (Å²) in [5.74, 6) is 0.880. The number of rotatable bonds is 4. The van der Waals surface area contributed by atoms with E-state index >= 15 is 0 Å². The van der Waals surface area contributed by atoms with Crippen LogP contribution in [0.3, 0.4) is 0 Å². The Morgan fingerprint density at radius 3 is 2.69 bits per heavy atom. The number of carbonyl (C=O) groups excluding carboxylic acids is 1. The van der Waals surface area contributed by atoms with E-state index in [1.807, 2.05) is 0 Å². The second kappa shape index (κ2) is 5.90. The zero-order chi connectivity index (χ0) is 12.2. The minimum Gasteiger partial charge on any atom is -0.352 e. The Balaban J connectivity index is 2.58. The molecule has 0 spiro atoms. The maximum atomic E-state index is 12.2. The van der Waals surface area contributed by atoms with Crippen LogP contribution in [0.5, 0.6) is 0 Å². The molecule has 1 fully saturated rings. The van der Waals surface area contributed by atoms with Gasteiger partial charge in [0.2, 0.25) is 5.91 Å². The van der Waals surface area contributed by atoms with E-state index in [1.165, 1.54) is 12.8 Å². The highest BCUT2D eigenvalue weighted by Crippen LogP contribution is 2.40. The van der Waals surface area contributed by atoms with Gasteiger partial charge in [0.1, 0.15) is 0 Å². The lowest BCUT2D eigenvalue weighted by Crippen LogP contribution is -2.45. The van der Waals surface area contributed by atoms with Crippen molar-refractivity contribution in [2.24, 2.45) is 11.3 Å². The first-order valence-electron chi connectivity index (χ1n) is 6.37. The van der Waals surface area contributed by atoms with Gasteiger partial charge in [-0.2, -0.15) is 0 Å². The van der Waals surface area contributed by atoms with E-state index in [0.29, 0.717) is 5.88 Å². The zero-order valence-electron chi connectivity index (χ0n) is 10.7. The van der Waals surface area contributed by atoms with Crippen molar-refractivity contribution >= 4 is 17.5 Å². The van der Waals surface area contributed by atoms with Crippen molar-refractivity contribution < 1.29 is 4.79 Å². The lowest BCUT2D eigenvalue weighted by atomic mass is 9.68. The van der Waals surface area contributed by atoms with Crippen LogP contribution in [0.2, 0.25) is 0 Å². The molecule has 1 aliphatic carbocycles. The molecule has 0 aromatic rings. The Labute approximate surface area is 104 Å². The van der Waals surface area contributed by atoms with Gasteiger partial charge in [0.25, 0.3) is 0 Å². The number of halogens is 1. The summed E-state index contributed by atoms with van der Waals surface area (Å²) in [6, 6.07) is 0.131. The number of nitrogens with one attached hydrogen (secondary N) is 1. The molecule has 0 radical (unpaired) electrons. The van der Waals surface area contributed by atoms with Crippen LogP contribution in [0.15, 0.2) is 0 Å². The Bertz CT molecular complexity index is 236. The molecule has 0 aromatic carbocycles. The topological polar surface area (TPSA) is 29.1 Å². The van der Waals surface area contributed by atoms with Gasteiger partial charge in [0.05, 0.1) is 0 Å². The molecule has 1 aliphatic rings. The molecule has 3 heteroatoms. The van der Waals surface area contributed by atoms with Gasteiger partial charge in [-0.25, -0.2) is 0 Å². The second-order valence-corrected chi connectivity index (χ2v) is 5.86. The van der Waals surface area contributed by atoms with Crippen LogP contribution >= 0.6 is 11.6 Å². The predicted octanol–water partition coefficient (Wildman–Crippen LogP) is 3.34. The third-order valence-corrected chi connectivity index (χ3v) is 4.22. The van der Waals surface area contributed by atoms with Gasteiger partial charge in [0.15, 0.2) is 0 Å². The van der Waals surface area contributed by atoms with E-state index in [9.17, 15) is 4.79 Å². The van der Waals surface area contributed by atoms with Crippen LogP contribution in [-0.2, 0) is 4.79 Å². The Hall–Kier alpha value is -0.240. The zero-order valence-corrected chi connectivity index (χ0v) is 11.4. The first-order valence-corrected chi connectivity index (χ1v) is 6.91. The summed E-state index contributed by atoms with van der Waals surface area (Å²) >= 11 is 5.81. The van der Waals surface area contributed by atoms with Crippen LogP contribution < -0.4 is 5.32 Å². The van der Waals surface area contributed by atoms with Crippen molar-refractivity contribution in [1.82, 2.24) is 5.32 Å². The maximum Gasteiger partial charge on any atom is 0.223 e. The fraction of sp³-hybridized carbons (Fsp3) is 0.923. The maximum absolute atomic E-state index is 12.2. The molecule has 0 aliphatic heterocycles. The van der Waals surface area contributed by atoms with E-state index in [0.717, 1.165) is 19.3 Å². The van der Waals surface area contributed by atoms with Crippen molar-refractivity contribution in [3.05, 3.63) is 0 Å². The summed E-state index contributed by atoms with van der Waals surface area (Å²) < 4.78 is 0. The molecular weight excluding hydrogens is 222 g/mol. The Morgan fingerprint density at radius 1 is 1.50 bits per heavy atom. The van der Waals surface area contributed by atoms with Gasteiger partial charge in [-0.05, 0) is 24.7 Å². The van der Waals surface area contributed by atoms with Gasteiger partial charge in [0, 0.05) is 17.8 Å². The summed E-state index contributed by atoms with van der Waals surface area (Å²) in [5, 5.41) is 3.07. The Kier molecular flexibility index (Phi) is 5.10. The van der Waals surface area contributed by atoms with Gasteiger partial charge in [-0.1, -0.05) is 33.6 Å². The second-order valence-electron chi connectivity index (χ2n) is 5.56. The van der Waals surface area contributed by atoms with E-state index in [1.54, 1.807) is 0 Å². The van der Waals surface area contributed by atoms with Crippen LogP contribution in [0.1, 0.15) is 52.9 Å². The molecular formula is C13H24ClNO. The molecule has 1 rings (SSSR count). The van der Waals surface area contributed by atoms with Crippen molar-refractivity contribution in [3.8, 4) is 0 Å². The van der Waals surface area contributed by atoms with Gasteiger partial charge < -0.3 is 5.32 Å². The first kappa shape index (κ1) is 13.8. The molecule has 2 atom stereocenters. The lowest BCUT2D eigenvalue weighted by Gasteiger charge is -2.38. The standard InChI is InChI=1S/C13H24ClNO/c1-4-10(9-14)15-12(16)11-7-5-6-8-13(11,2)3/h10-11H,4-9H2,1-3H3,(H,15,16). The number of carbonyl (C=O) groups is 1. The predicted molar refractivity (Wildman–Crippen MR) is 68.7 cm³/mol. The summed E-state index contributed by atoms with van der Waals surface area (Å²) in [7, 11) is 0. The molecule has 1 amide bonds. The van der Waals surface area contributed by atoms with Crippen LogP contribution in [-0.4, -0.2) is 17.8 Å². The summed E-state index contributed by atoms with van der Waals surface area (Å²) in [4.78, 5) is 12.2. The van der Waals surface area contributed by atoms with Crippen molar-refractivity contribution in [1.29, 1.82) is 0 Å². The molecule has 0 bridgehead atoms. The van der Waals surface area contributed by atoms with Crippen molar-refractivity contribution in [3.63, 3.8) is 0 Å². The highest BCUT2D eigenvalue weighted by molar-refractivity contribution is 6.18. The number of alkyl halides is 1. The SMILES string of the molecule is CCC(CCl)NC(=O)C1CCCCC1(C)C. The molecule has 16 heavy (non-hydrogen) atoms. The number of hydrogen-bond acceptors (Lipinski definition) is 1. The molecule has 0 aromatic heterocycles. The summed E-state index contributed by atoms with van der Waals surface area (Å²) in [5.41, 5.74) is 0.146. The summed E-state index contributed by atoms with van der Waals surface area (Å²) in [6.45, 7) is 6.47. The minimum atomic E-state index is 0.131.